The third-order valence-electron chi connectivity index (χ3n) is 6.11. The monoisotopic (exact) mass is 518 g/mol. The van der Waals surface area contributed by atoms with E-state index < -0.39 is 11.5 Å². The van der Waals surface area contributed by atoms with Gasteiger partial charge in [-0.15, -0.1) is 0 Å². The van der Waals surface area contributed by atoms with Gasteiger partial charge >= 0.3 is 5.97 Å². The molecular formula is C29H30N2O7. The molecule has 0 aliphatic heterocycles. The van der Waals surface area contributed by atoms with Gasteiger partial charge in [0, 0.05) is 19.7 Å². The number of carbonyl (C=O) groups is 1. The number of rotatable bonds is 9. The highest BCUT2D eigenvalue weighted by Crippen LogP contribution is 2.43. The van der Waals surface area contributed by atoms with Gasteiger partial charge in [0.05, 0.1) is 33.8 Å². The number of fused-ring (bicyclic) bond motifs is 1. The van der Waals surface area contributed by atoms with E-state index in [1.165, 1.54) is 38.1 Å². The number of pyridine rings is 1. The first-order valence-electron chi connectivity index (χ1n) is 11.8. The normalized spacial score (nSPS) is 10.7. The maximum absolute atomic E-state index is 13.8. The van der Waals surface area contributed by atoms with Gasteiger partial charge in [-0.2, -0.15) is 0 Å². The van der Waals surface area contributed by atoms with Crippen LogP contribution in [0.25, 0.3) is 21.9 Å². The maximum atomic E-state index is 13.8. The lowest BCUT2D eigenvalue weighted by atomic mass is 9.96. The highest BCUT2D eigenvalue weighted by molar-refractivity contribution is 6.07. The molecule has 0 amide bonds. The minimum atomic E-state index is -0.675. The van der Waals surface area contributed by atoms with Crippen LogP contribution in [0.2, 0.25) is 0 Å². The Labute approximate surface area is 220 Å². The molecule has 3 aromatic carbocycles. The van der Waals surface area contributed by atoms with Gasteiger partial charge < -0.3 is 28.7 Å². The molecule has 38 heavy (non-hydrogen) atoms. The fourth-order valence-electron chi connectivity index (χ4n) is 4.38. The van der Waals surface area contributed by atoms with Gasteiger partial charge in [0.15, 0.2) is 17.2 Å². The summed E-state index contributed by atoms with van der Waals surface area (Å²) in [6.45, 7) is 0.341. The molecule has 0 atom stereocenters. The highest BCUT2D eigenvalue weighted by atomic mass is 16.5. The van der Waals surface area contributed by atoms with E-state index in [4.69, 9.17) is 23.7 Å². The molecule has 0 N–H and O–H groups in total. The fourth-order valence-corrected chi connectivity index (χ4v) is 4.38. The molecule has 4 rings (SSSR count). The highest BCUT2D eigenvalue weighted by Gasteiger charge is 2.27. The number of esters is 1. The van der Waals surface area contributed by atoms with Gasteiger partial charge in [-0.05, 0) is 46.8 Å². The average Bonchev–Trinajstić information content (AvgIpc) is 2.94. The Morgan fingerprint density at radius 1 is 0.842 bits per heavy atom. The second-order valence-corrected chi connectivity index (χ2v) is 8.58. The molecule has 9 nitrogen and oxygen atoms in total. The molecule has 0 spiro atoms. The van der Waals surface area contributed by atoms with Gasteiger partial charge in [0.2, 0.25) is 5.75 Å². The van der Waals surface area contributed by atoms with Gasteiger partial charge in [-0.3, -0.25) is 4.79 Å². The Balaban J connectivity index is 2.03. The zero-order chi connectivity index (χ0) is 27.4. The minimum absolute atomic E-state index is 0.0576. The van der Waals surface area contributed by atoms with Crippen LogP contribution in [0.5, 0.6) is 23.0 Å². The van der Waals surface area contributed by atoms with E-state index in [1.54, 1.807) is 44.4 Å². The molecule has 9 heteroatoms. The predicted octanol–water partition coefficient (Wildman–Crippen LogP) is 4.26. The zero-order valence-corrected chi connectivity index (χ0v) is 22.2. The second-order valence-electron chi connectivity index (χ2n) is 8.58. The number of carbonyl (C=O) groups excluding carboxylic acids is 1. The van der Waals surface area contributed by atoms with E-state index in [0.717, 1.165) is 5.56 Å². The number of hydrogen-bond acceptors (Lipinski definition) is 8. The predicted molar refractivity (Wildman–Crippen MR) is 145 cm³/mol. The molecule has 0 fully saturated rings. The van der Waals surface area contributed by atoms with E-state index in [1.807, 2.05) is 30.3 Å². The van der Waals surface area contributed by atoms with E-state index in [2.05, 4.69) is 0 Å². The number of nitrogens with zero attached hydrogens (tertiary/aromatic N) is 2. The molecule has 0 bridgehead atoms. The van der Waals surface area contributed by atoms with Crippen molar-refractivity contribution >= 4 is 16.7 Å². The van der Waals surface area contributed by atoms with Gasteiger partial charge in [-0.25, -0.2) is 9.47 Å². The summed E-state index contributed by atoms with van der Waals surface area (Å²) < 4.78 is 29.0. The number of benzene rings is 3. The average molecular weight is 519 g/mol. The molecule has 0 unspecified atom stereocenters. The van der Waals surface area contributed by atoms with Crippen LogP contribution in [-0.4, -0.2) is 53.2 Å². The summed E-state index contributed by atoms with van der Waals surface area (Å²) in [6.07, 6.45) is 0. The number of hydrogen-bond donors (Lipinski definition) is 0. The van der Waals surface area contributed by atoms with Crippen LogP contribution in [0.4, 0.5) is 0 Å². The first-order valence-corrected chi connectivity index (χ1v) is 11.8. The molecule has 1 aromatic heterocycles. The lowest BCUT2D eigenvalue weighted by Gasteiger charge is -2.24. The van der Waals surface area contributed by atoms with Crippen LogP contribution < -0.4 is 29.5 Å². The van der Waals surface area contributed by atoms with Gasteiger partial charge in [0.25, 0.3) is 5.56 Å². The number of aromatic nitrogens is 1. The first kappa shape index (κ1) is 26.4. The molecule has 0 radical (unpaired) electrons. The van der Waals surface area contributed by atoms with Crippen molar-refractivity contribution in [3.8, 4) is 34.1 Å². The van der Waals surface area contributed by atoms with Crippen LogP contribution in [0.3, 0.4) is 0 Å². The number of ether oxygens (including phenoxy) is 5. The Morgan fingerprint density at radius 2 is 1.50 bits per heavy atom. The first-order chi connectivity index (χ1) is 18.3. The summed E-state index contributed by atoms with van der Waals surface area (Å²) in [7, 11) is 9.16. The molecule has 1 heterocycles. The molecule has 0 saturated heterocycles. The van der Waals surface area contributed by atoms with Crippen LogP contribution in [0, 0.1) is 0 Å². The Bertz CT molecular complexity index is 1500. The van der Waals surface area contributed by atoms with Crippen molar-refractivity contribution in [1.29, 1.82) is 0 Å². The zero-order valence-electron chi connectivity index (χ0n) is 22.2. The van der Waals surface area contributed by atoms with E-state index in [9.17, 15) is 9.59 Å². The summed E-state index contributed by atoms with van der Waals surface area (Å²) in [5.74, 6) is 1.05. The summed E-state index contributed by atoms with van der Waals surface area (Å²) in [5, 5.41) is 2.43. The molecule has 0 aliphatic carbocycles. The third kappa shape index (κ3) is 4.82. The number of methoxy groups -OCH3 is 4. The molecular weight excluding hydrogens is 488 g/mol. The largest absolute Gasteiger partial charge is 0.493 e. The quantitative estimate of drug-likeness (QED) is 0.304. The topological polar surface area (TPSA) is 88.5 Å². The van der Waals surface area contributed by atoms with Crippen LogP contribution in [0.15, 0.2) is 65.5 Å². The van der Waals surface area contributed by atoms with E-state index >= 15 is 0 Å². The SMILES string of the molecule is COC(=O)c1c(-c2cc(OC)c(OC)c(OC)c2)c2ccc(OCc3ccccc3)cc2c(=O)n1N(C)C. The van der Waals surface area contributed by atoms with Crippen molar-refractivity contribution in [2.45, 2.75) is 6.61 Å². The van der Waals surface area contributed by atoms with Crippen molar-refractivity contribution in [2.24, 2.45) is 0 Å². The maximum Gasteiger partial charge on any atom is 0.357 e. The van der Waals surface area contributed by atoms with Crippen molar-refractivity contribution in [2.75, 3.05) is 47.5 Å². The van der Waals surface area contributed by atoms with Crippen LogP contribution in [0.1, 0.15) is 16.1 Å². The second kappa shape index (κ2) is 11.2. The summed E-state index contributed by atoms with van der Waals surface area (Å²) >= 11 is 0. The molecule has 0 saturated carbocycles. The molecule has 198 valence electrons. The fraction of sp³-hybridized carbons (Fsp3) is 0.241. The summed E-state index contributed by atoms with van der Waals surface area (Å²) in [4.78, 5) is 26.9. The third-order valence-corrected chi connectivity index (χ3v) is 6.11. The minimum Gasteiger partial charge on any atom is -0.493 e. The summed E-state index contributed by atoms with van der Waals surface area (Å²) in [5.41, 5.74) is 1.69. The molecule has 4 aromatic rings. The van der Waals surface area contributed by atoms with E-state index in [0.29, 0.717) is 51.5 Å². The Morgan fingerprint density at radius 3 is 2.05 bits per heavy atom. The Kier molecular flexibility index (Phi) is 7.76. The van der Waals surface area contributed by atoms with Crippen molar-refractivity contribution in [1.82, 2.24) is 4.68 Å². The standard InChI is InChI=1S/C29H30N2O7/c1-30(2)31-26(29(33)37-6)25(19-14-23(34-3)27(36-5)24(15-19)35-4)21-13-12-20(16-22(21)28(31)32)38-17-18-10-8-7-9-11-18/h7-16H,17H2,1-6H3. The molecule has 0 aliphatic rings. The van der Waals surface area contributed by atoms with Crippen molar-refractivity contribution < 1.29 is 28.5 Å². The lowest BCUT2D eigenvalue weighted by Crippen LogP contribution is -2.40. The van der Waals surface area contributed by atoms with Gasteiger partial charge in [0.1, 0.15) is 12.4 Å². The Hall–Kier alpha value is -4.66. The van der Waals surface area contributed by atoms with Crippen molar-refractivity contribution in [3.63, 3.8) is 0 Å². The van der Waals surface area contributed by atoms with E-state index in [-0.39, 0.29) is 5.69 Å². The van der Waals surface area contributed by atoms with Crippen LogP contribution in [-0.2, 0) is 11.3 Å². The van der Waals surface area contributed by atoms with Crippen molar-refractivity contribution in [3.05, 3.63) is 82.3 Å². The smallest absolute Gasteiger partial charge is 0.357 e. The summed E-state index contributed by atoms with van der Waals surface area (Å²) in [6, 6.07) is 18.4. The lowest BCUT2D eigenvalue weighted by molar-refractivity contribution is 0.0588. The van der Waals surface area contributed by atoms with Crippen LogP contribution >= 0.6 is 0 Å². The van der Waals surface area contributed by atoms with Gasteiger partial charge in [-0.1, -0.05) is 30.3 Å².